The maximum absolute atomic E-state index is 10.5. The lowest BCUT2D eigenvalue weighted by Crippen LogP contribution is -1.93. The maximum Gasteiger partial charge on any atom is 0.328 e. The summed E-state index contributed by atoms with van der Waals surface area (Å²) in [5.41, 5.74) is 0.943. The van der Waals surface area contributed by atoms with Crippen molar-refractivity contribution < 1.29 is 9.90 Å². The van der Waals surface area contributed by atoms with E-state index in [9.17, 15) is 4.79 Å². The van der Waals surface area contributed by atoms with E-state index in [1.165, 1.54) is 0 Å². The largest absolute Gasteiger partial charge is 0.478 e. The average molecular weight is 295 g/mol. The molecule has 0 spiro atoms. The van der Waals surface area contributed by atoms with Gasteiger partial charge in [-0.3, -0.25) is 0 Å². The summed E-state index contributed by atoms with van der Waals surface area (Å²) in [5.74, 6) is 0.691. The maximum atomic E-state index is 10.5. The van der Waals surface area contributed by atoms with E-state index < -0.39 is 5.97 Å². The van der Waals surface area contributed by atoms with Crippen LogP contribution in [0.2, 0.25) is 0 Å². The topological polar surface area (TPSA) is 68.0 Å². The Morgan fingerprint density at radius 3 is 3.00 bits per heavy atom. The second-order valence-electron chi connectivity index (χ2n) is 3.85. The molecule has 2 rings (SSSR count). The number of thioether (sulfide) groups is 1. The van der Waals surface area contributed by atoms with Gasteiger partial charge >= 0.3 is 5.97 Å². The Bertz CT molecular complexity index is 616. The second kappa shape index (κ2) is 6.03. The smallest absolute Gasteiger partial charge is 0.328 e. The Labute approximate surface area is 119 Å². The molecule has 0 saturated carbocycles. The van der Waals surface area contributed by atoms with Crippen LogP contribution >= 0.6 is 23.1 Å². The number of aromatic nitrogens is 3. The first-order valence-electron chi connectivity index (χ1n) is 5.54. The van der Waals surface area contributed by atoms with E-state index in [2.05, 4.69) is 10.2 Å². The predicted molar refractivity (Wildman–Crippen MR) is 76.3 cm³/mol. The fraction of sp³-hybridized carbons (Fsp3) is 0.250. The Balaban J connectivity index is 2.06. The van der Waals surface area contributed by atoms with Gasteiger partial charge in [-0.15, -0.1) is 21.5 Å². The average Bonchev–Trinajstić information content (AvgIpc) is 2.94. The molecule has 2 aromatic heterocycles. The molecule has 0 aliphatic heterocycles. The molecule has 0 unspecified atom stereocenters. The van der Waals surface area contributed by atoms with Gasteiger partial charge in [0.05, 0.1) is 0 Å². The van der Waals surface area contributed by atoms with Crippen LogP contribution in [0.1, 0.15) is 16.3 Å². The summed E-state index contributed by atoms with van der Waals surface area (Å²) in [5, 5.41) is 19.5. The minimum absolute atomic E-state index is 0.753. The number of aryl methyl sites for hydroxylation is 1. The van der Waals surface area contributed by atoms with Gasteiger partial charge in [-0.2, -0.15) is 0 Å². The highest BCUT2D eigenvalue weighted by molar-refractivity contribution is 7.98. The van der Waals surface area contributed by atoms with Crippen LogP contribution in [-0.2, 0) is 17.6 Å². The van der Waals surface area contributed by atoms with Crippen LogP contribution < -0.4 is 0 Å². The second-order valence-corrected chi connectivity index (χ2v) is 5.79. The number of rotatable bonds is 5. The van der Waals surface area contributed by atoms with Gasteiger partial charge < -0.3 is 9.67 Å². The Kier molecular flexibility index (Phi) is 4.39. The third kappa shape index (κ3) is 3.45. The van der Waals surface area contributed by atoms with Gasteiger partial charge in [0.1, 0.15) is 5.82 Å². The molecule has 19 heavy (non-hydrogen) atoms. The van der Waals surface area contributed by atoms with Crippen molar-refractivity contribution in [2.24, 2.45) is 7.05 Å². The summed E-state index contributed by atoms with van der Waals surface area (Å²) in [4.78, 5) is 11.7. The van der Waals surface area contributed by atoms with Crippen LogP contribution in [-0.4, -0.2) is 25.8 Å². The molecule has 2 aromatic rings. The zero-order valence-corrected chi connectivity index (χ0v) is 12.2. The minimum atomic E-state index is -0.936. The van der Waals surface area contributed by atoms with Crippen molar-refractivity contribution in [2.45, 2.75) is 17.8 Å². The molecule has 7 heteroatoms. The molecule has 0 bridgehead atoms. The predicted octanol–water partition coefficient (Wildman–Crippen LogP) is 2.58. The Morgan fingerprint density at radius 1 is 1.58 bits per heavy atom. The van der Waals surface area contributed by atoms with Crippen molar-refractivity contribution in [1.29, 1.82) is 0 Å². The first-order chi connectivity index (χ1) is 9.08. The number of hydrogen-bond acceptors (Lipinski definition) is 5. The first-order valence-corrected chi connectivity index (χ1v) is 7.40. The molecule has 0 amide bonds. The van der Waals surface area contributed by atoms with Crippen LogP contribution in [0.4, 0.5) is 0 Å². The molecule has 1 N–H and O–H groups in total. The SMILES string of the molecule is Cc1nnc(SCc2sccc2C=CC(=O)O)n1C. The molecule has 0 aromatic carbocycles. The highest BCUT2D eigenvalue weighted by Gasteiger charge is 2.08. The molecular weight excluding hydrogens is 282 g/mol. The van der Waals surface area contributed by atoms with E-state index in [4.69, 9.17) is 5.11 Å². The summed E-state index contributed by atoms with van der Waals surface area (Å²) >= 11 is 3.20. The summed E-state index contributed by atoms with van der Waals surface area (Å²) < 4.78 is 1.94. The summed E-state index contributed by atoms with van der Waals surface area (Å²) in [6.07, 6.45) is 2.78. The van der Waals surface area contributed by atoms with Crippen molar-refractivity contribution in [3.63, 3.8) is 0 Å². The number of aliphatic carboxylic acids is 1. The highest BCUT2D eigenvalue weighted by Crippen LogP contribution is 2.27. The van der Waals surface area contributed by atoms with Crippen molar-refractivity contribution in [3.05, 3.63) is 33.8 Å². The van der Waals surface area contributed by atoms with Crippen LogP contribution in [0.15, 0.2) is 22.7 Å². The molecule has 0 aliphatic carbocycles. The van der Waals surface area contributed by atoms with E-state index in [-0.39, 0.29) is 0 Å². The van der Waals surface area contributed by atoms with E-state index in [0.717, 1.165) is 33.3 Å². The van der Waals surface area contributed by atoms with Gasteiger partial charge in [-0.25, -0.2) is 4.79 Å². The molecule has 100 valence electrons. The zero-order chi connectivity index (χ0) is 13.8. The van der Waals surface area contributed by atoms with Gasteiger partial charge in [0.2, 0.25) is 0 Å². The van der Waals surface area contributed by atoms with Gasteiger partial charge in [-0.05, 0) is 30.0 Å². The van der Waals surface area contributed by atoms with Gasteiger partial charge in [0.15, 0.2) is 5.16 Å². The molecule has 0 fully saturated rings. The fourth-order valence-electron chi connectivity index (χ4n) is 1.42. The first kappa shape index (κ1) is 13.8. The van der Waals surface area contributed by atoms with Crippen LogP contribution in [0.25, 0.3) is 6.08 Å². The molecule has 2 heterocycles. The summed E-state index contributed by atoms with van der Waals surface area (Å²) in [6, 6.07) is 1.92. The fourth-order valence-corrected chi connectivity index (χ4v) is 3.37. The lowest BCUT2D eigenvalue weighted by atomic mass is 10.2. The summed E-state index contributed by atoms with van der Waals surface area (Å²) in [7, 11) is 1.93. The van der Waals surface area contributed by atoms with Crippen molar-refractivity contribution >= 4 is 35.1 Å². The number of hydrogen-bond donors (Lipinski definition) is 1. The summed E-state index contributed by atoms with van der Waals surface area (Å²) in [6.45, 7) is 1.91. The third-order valence-corrected chi connectivity index (χ3v) is 4.74. The lowest BCUT2D eigenvalue weighted by molar-refractivity contribution is -0.131. The quantitative estimate of drug-likeness (QED) is 0.678. The normalized spacial score (nSPS) is 11.3. The molecule has 5 nitrogen and oxygen atoms in total. The van der Waals surface area contributed by atoms with Gasteiger partial charge in [0.25, 0.3) is 0 Å². The number of carboxylic acids is 1. The van der Waals surface area contributed by atoms with Crippen molar-refractivity contribution in [3.8, 4) is 0 Å². The van der Waals surface area contributed by atoms with Gasteiger partial charge in [-0.1, -0.05) is 11.8 Å². The number of carboxylic acid groups (broad SMARTS) is 1. The van der Waals surface area contributed by atoms with E-state index in [1.54, 1.807) is 29.2 Å². The van der Waals surface area contributed by atoms with Crippen LogP contribution in [0, 0.1) is 6.92 Å². The highest BCUT2D eigenvalue weighted by atomic mass is 32.2. The molecule has 0 radical (unpaired) electrons. The number of thiophene rings is 1. The minimum Gasteiger partial charge on any atom is -0.478 e. The molecule has 0 atom stereocenters. The molecule has 0 saturated heterocycles. The Morgan fingerprint density at radius 2 is 2.37 bits per heavy atom. The zero-order valence-electron chi connectivity index (χ0n) is 10.5. The van der Waals surface area contributed by atoms with E-state index in [1.807, 2.05) is 30.0 Å². The molecule has 0 aliphatic rings. The van der Waals surface area contributed by atoms with Crippen LogP contribution in [0.3, 0.4) is 0 Å². The lowest BCUT2D eigenvalue weighted by Gasteiger charge is -2.01. The van der Waals surface area contributed by atoms with Crippen molar-refractivity contribution in [1.82, 2.24) is 14.8 Å². The van der Waals surface area contributed by atoms with Gasteiger partial charge in [0, 0.05) is 23.8 Å². The molecular formula is C12H13N3O2S2. The van der Waals surface area contributed by atoms with Crippen LogP contribution in [0.5, 0.6) is 0 Å². The Hall–Kier alpha value is -1.60. The van der Waals surface area contributed by atoms with E-state index in [0.29, 0.717) is 0 Å². The van der Waals surface area contributed by atoms with E-state index >= 15 is 0 Å². The monoisotopic (exact) mass is 295 g/mol. The number of nitrogens with zero attached hydrogens (tertiary/aromatic N) is 3. The van der Waals surface area contributed by atoms with Crippen molar-refractivity contribution in [2.75, 3.05) is 0 Å². The standard InChI is InChI=1S/C12H13N3O2S2/c1-8-13-14-12(15(8)2)19-7-10-9(5-6-18-10)3-4-11(16)17/h3-6H,7H2,1-2H3,(H,16,17). The third-order valence-electron chi connectivity index (χ3n) is 2.57. The number of carbonyl (C=O) groups is 1.